The third-order valence-electron chi connectivity index (χ3n) is 3.70. The molecule has 23 heavy (non-hydrogen) atoms. The highest BCUT2D eigenvalue weighted by Gasteiger charge is 2.15. The lowest BCUT2D eigenvalue weighted by molar-refractivity contribution is 0.467. The number of rotatable bonds is 1. The fraction of sp³-hybridized carbons (Fsp3) is 0.0556. The summed E-state index contributed by atoms with van der Waals surface area (Å²) in [6, 6.07) is 14.8. The quantitative estimate of drug-likeness (QED) is 0.488. The van der Waals surface area contributed by atoms with E-state index in [2.05, 4.69) is 4.98 Å². The molecule has 0 spiro atoms. The van der Waals surface area contributed by atoms with Crippen LogP contribution in [0.3, 0.4) is 0 Å². The van der Waals surface area contributed by atoms with E-state index >= 15 is 0 Å². The second-order valence-electron chi connectivity index (χ2n) is 5.23. The summed E-state index contributed by atoms with van der Waals surface area (Å²) in [6.07, 6.45) is 0. The molecule has 2 heterocycles. The zero-order chi connectivity index (χ0) is 16.0. The number of aromatic nitrogens is 2. The van der Waals surface area contributed by atoms with E-state index in [1.165, 1.54) is 0 Å². The highest BCUT2D eigenvalue weighted by Crippen LogP contribution is 2.30. The number of halogens is 1. The van der Waals surface area contributed by atoms with Crippen LogP contribution in [0.5, 0.6) is 0 Å². The van der Waals surface area contributed by atoms with Crippen molar-refractivity contribution in [1.29, 1.82) is 0 Å². The Kier molecular flexibility index (Phi) is 3.13. The summed E-state index contributed by atoms with van der Waals surface area (Å²) < 4.78 is 5.19. The molecule has 0 saturated carbocycles. The molecule has 112 valence electrons. The summed E-state index contributed by atoms with van der Waals surface area (Å²) >= 11 is 5.96. The second kappa shape index (κ2) is 5.18. The van der Waals surface area contributed by atoms with Crippen molar-refractivity contribution in [2.24, 2.45) is 0 Å². The smallest absolute Gasteiger partial charge is 0.347 e. The van der Waals surface area contributed by atoms with Crippen LogP contribution in [0.4, 0.5) is 0 Å². The number of hydrogen-bond acceptors (Lipinski definition) is 4. The minimum absolute atomic E-state index is 0.315. The number of pyridine rings is 1. The van der Waals surface area contributed by atoms with Gasteiger partial charge in [-0.1, -0.05) is 41.9 Å². The van der Waals surface area contributed by atoms with Gasteiger partial charge in [-0.05, 0) is 18.2 Å². The van der Waals surface area contributed by atoms with Gasteiger partial charge in [0.2, 0.25) is 0 Å². The largest absolute Gasteiger partial charge is 0.408 e. The maximum atomic E-state index is 12.4. The molecule has 0 atom stereocenters. The topological polar surface area (TPSA) is 56.0 Å². The first-order valence-electron chi connectivity index (χ1n) is 7.09. The summed E-state index contributed by atoms with van der Waals surface area (Å²) in [4.78, 5) is 21.5. The summed E-state index contributed by atoms with van der Waals surface area (Å²) in [7, 11) is 0. The van der Waals surface area contributed by atoms with Gasteiger partial charge in [-0.2, -0.15) is 0 Å². The number of para-hydroxylation sites is 1. The fourth-order valence-electron chi connectivity index (χ4n) is 2.69. The maximum Gasteiger partial charge on any atom is 0.347 e. The third-order valence-corrected chi connectivity index (χ3v) is 3.95. The molecule has 0 aliphatic carbocycles. The van der Waals surface area contributed by atoms with E-state index < -0.39 is 5.63 Å². The lowest BCUT2D eigenvalue weighted by Crippen LogP contribution is -2.06. The first-order chi connectivity index (χ1) is 11.1. The van der Waals surface area contributed by atoms with Gasteiger partial charge in [0.05, 0.1) is 16.6 Å². The van der Waals surface area contributed by atoms with Crippen LogP contribution >= 0.6 is 11.6 Å². The monoisotopic (exact) mass is 322 g/mol. The Hall–Kier alpha value is -2.72. The van der Waals surface area contributed by atoms with Crippen molar-refractivity contribution < 1.29 is 4.42 Å². The fourth-order valence-corrected chi connectivity index (χ4v) is 2.82. The molecule has 2 aromatic carbocycles. The second-order valence-corrected chi connectivity index (χ2v) is 5.66. The lowest BCUT2D eigenvalue weighted by atomic mass is 10.0. The Bertz CT molecular complexity index is 1100. The molecule has 5 heteroatoms. The van der Waals surface area contributed by atoms with Crippen molar-refractivity contribution in [1.82, 2.24) is 9.97 Å². The molecule has 0 radical (unpaired) electrons. The van der Waals surface area contributed by atoms with Crippen molar-refractivity contribution in [2.45, 2.75) is 6.92 Å². The van der Waals surface area contributed by atoms with Crippen LogP contribution in [-0.2, 0) is 0 Å². The minimum atomic E-state index is -0.402. The molecule has 4 aromatic rings. The highest BCUT2D eigenvalue weighted by atomic mass is 35.5. The summed E-state index contributed by atoms with van der Waals surface area (Å²) in [5.41, 5.74) is 2.36. The standard InChI is InChI=1S/C18H11ClN2O2/c1-10-20-17-15(18(22)23-10)13-4-2-3-5-14(13)21-16(17)11-6-8-12(19)9-7-11/h2-9H,1H3. The Morgan fingerprint density at radius 3 is 2.52 bits per heavy atom. The number of nitrogens with zero attached hydrogens (tertiary/aromatic N) is 2. The predicted molar refractivity (Wildman–Crippen MR) is 90.8 cm³/mol. The number of hydrogen-bond donors (Lipinski definition) is 0. The number of aryl methyl sites for hydroxylation is 1. The molecule has 0 aliphatic heterocycles. The average molecular weight is 323 g/mol. The van der Waals surface area contributed by atoms with E-state index in [9.17, 15) is 4.79 Å². The van der Waals surface area contributed by atoms with E-state index in [0.717, 1.165) is 16.5 Å². The van der Waals surface area contributed by atoms with Gasteiger partial charge in [0.1, 0.15) is 5.52 Å². The van der Waals surface area contributed by atoms with Crippen molar-refractivity contribution in [3.05, 3.63) is 69.9 Å². The maximum absolute atomic E-state index is 12.4. The van der Waals surface area contributed by atoms with Crippen LogP contribution in [0, 0.1) is 6.92 Å². The predicted octanol–water partition coefficient (Wildman–Crippen LogP) is 4.37. The van der Waals surface area contributed by atoms with Crippen LogP contribution < -0.4 is 5.63 Å². The van der Waals surface area contributed by atoms with Gasteiger partial charge in [0.15, 0.2) is 5.89 Å². The molecule has 0 unspecified atom stereocenters. The van der Waals surface area contributed by atoms with E-state index in [4.69, 9.17) is 21.0 Å². The lowest BCUT2D eigenvalue weighted by Gasteiger charge is -2.08. The normalized spacial score (nSPS) is 11.2. The summed E-state index contributed by atoms with van der Waals surface area (Å²) in [5.74, 6) is 0.315. The minimum Gasteiger partial charge on any atom is -0.408 e. The van der Waals surface area contributed by atoms with E-state index in [-0.39, 0.29) is 0 Å². The SMILES string of the molecule is Cc1nc2c(-c3ccc(Cl)cc3)nc3ccccc3c2c(=O)o1. The van der Waals surface area contributed by atoms with Crippen molar-refractivity contribution >= 4 is 33.4 Å². The Morgan fingerprint density at radius 1 is 1.00 bits per heavy atom. The van der Waals surface area contributed by atoms with Crippen LogP contribution in [0.1, 0.15) is 5.89 Å². The third kappa shape index (κ3) is 2.28. The first-order valence-corrected chi connectivity index (χ1v) is 7.47. The van der Waals surface area contributed by atoms with Crippen LogP contribution in [0.15, 0.2) is 57.7 Å². The molecule has 0 N–H and O–H groups in total. The Balaban J connectivity index is 2.22. The molecule has 0 amide bonds. The average Bonchev–Trinajstić information content (AvgIpc) is 2.54. The van der Waals surface area contributed by atoms with Gasteiger partial charge in [0, 0.05) is 22.9 Å². The van der Waals surface area contributed by atoms with Gasteiger partial charge in [0.25, 0.3) is 0 Å². The number of benzene rings is 2. The van der Waals surface area contributed by atoms with E-state index in [1.807, 2.05) is 36.4 Å². The molecule has 0 saturated heterocycles. The molecule has 0 aliphatic rings. The van der Waals surface area contributed by atoms with Crippen LogP contribution in [-0.4, -0.2) is 9.97 Å². The first kappa shape index (κ1) is 13.9. The van der Waals surface area contributed by atoms with Crippen molar-refractivity contribution in [3.8, 4) is 11.3 Å². The van der Waals surface area contributed by atoms with Gasteiger partial charge in [-0.25, -0.2) is 14.8 Å². The Morgan fingerprint density at radius 2 is 1.74 bits per heavy atom. The van der Waals surface area contributed by atoms with Gasteiger partial charge in [-0.3, -0.25) is 0 Å². The highest BCUT2D eigenvalue weighted by molar-refractivity contribution is 6.30. The molecule has 2 aromatic heterocycles. The molecular formula is C18H11ClN2O2. The zero-order valence-electron chi connectivity index (χ0n) is 12.2. The molecule has 4 rings (SSSR count). The summed E-state index contributed by atoms with van der Waals surface area (Å²) in [5, 5.41) is 1.83. The Labute approximate surface area is 136 Å². The van der Waals surface area contributed by atoms with Crippen molar-refractivity contribution in [3.63, 3.8) is 0 Å². The van der Waals surface area contributed by atoms with Gasteiger partial charge >= 0.3 is 5.63 Å². The summed E-state index contributed by atoms with van der Waals surface area (Å²) in [6.45, 7) is 1.65. The van der Waals surface area contributed by atoms with E-state index in [0.29, 0.717) is 27.5 Å². The molecule has 0 fully saturated rings. The molecule has 0 bridgehead atoms. The number of fused-ring (bicyclic) bond motifs is 3. The van der Waals surface area contributed by atoms with E-state index in [1.54, 1.807) is 19.1 Å². The van der Waals surface area contributed by atoms with Crippen molar-refractivity contribution in [2.75, 3.05) is 0 Å². The zero-order valence-corrected chi connectivity index (χ0v) is 13.0. The van der Waals surface area contributed by atoms with Crippen LogP contribution in [0.25, 0.3) is 33.1 Å². The molecular weight excluding hydrogens is 312 g/mol. The van der Waals surface area contributed by atoms with Gasteiger partial charge in [-0.15, -0.1) is 0 Å². The van der Waals surface area contributed by atoms with Crippen LogP contribution in [0.2, 0.25) is 5.02 Å². The van der Waals surface area contributed by atoms with Gasteiger partial charge < -0.3 is 4.42 Å². The molecule has 4 nitrogen and oxygen atoms in total.